The van der Waals surface area contributed by atoms with E-state index in [2.05, 4.69) is 14.9 Å². The van der Waals surface area contributed by atoms with E-state index < -0.39 is 0 Å². The van der Waals surface area contributed by atoms with Crippen molar-refractivity contribution in [3.63, 3.8) is 0 Å². The van der Waals surface area contributed by atoms with Gasteiger partial charge in [0.1, 0.15) is 11.6 Å². The molecular formula is C21H22N4O2S. The summed E-state index contributed by atoms with van der Waals surface area (Å²) in [6.07, 6.45) is 0.474. The van der Waals surface area contributed by atoms with Gasteiger partial charge in [-0.25, -0.2) is 9.97 Å². The lowest BCUT2D eigenvalue weighted by Gasteiger charge is -2.35. The van der Waals surface area contributed by atoms with Gasteiger partial charge in [-0.05, 0) is 30.5 Å². The van der Waals surface area contributed by atoms with Crippen molar-refractivity contribution in [1.82, 2.24) is 14.9 Å². The second-order valence-corrected chi connectivity index (χ2v) is 7.86. The highest BCUT2D eigenvalue weighted by atomic mass is 32.1. The lowest BCUT2D eigenvalue weighted by atomic mass is 10.2. The van der Waals surface area contributed by atoms with E-state index in [-0.39, 0.29) is 11.7 Å². The van der Waals surface area contributed by atoms with Crippen molar-refractivity contribution < 1.29 is 9.90 Å². The van der Waals surface area contributed by atoms with Crippen LogP contribution in [0.2, 0.25) is 0 Å². The fraction of sp³-hybridized carbons (Fsp3) is 0.286. The molecule has 1 aliphatic heterocycles. The number of hydrogen-bond donors (Lipinski definition) is 1. The van der Waals surface area contributed by atoms with Crippen LogP contribution >= 0.6 is 11.3 Å². The monoisotopic (exact) mass is 394 g/mol. The third kappa shape index (κ3) is 3.99. The third-order valence-electron chi connectivity index (χ3n) is 4.85. The third-order valence-corrected chi connectivity index (χ3v) is 5.72. The Morgan fingerprint density at radius 1 is 1.11 bits per heavy atom. The zero-order valence-electron chi connectivity index (χ0n) is 15.7. The molecule has 7 heteroatoms. The maximum absolute atomic E-state index is 12.5. The van der Waals surface area contributed by atoms with Crippen LogP contribution in [0, 0.1) is 6.92 Å². The molecule has 3 heterocycles. The molecule has 6 nitrogen and oxygen atoms in total. The van der Waals surface area contributed by atoms with Crippen molar-refractivity contribution in [2.45, 2.75) is 13.3 Å². The smallest absolute Gasteiger partial charge is 0.227 e. The number of phenolic OH excluding ortho intramolecular Hbond substituents is 1. The Balaban J connectivity index is 1.46. The van der Waals surface area contributed by atoms with Crippen molar-refractivity contribution in [3.05, 3.63) is 58.4 Å². The number of piperazine rings is 1. The van der Waals surface area contributed by atoms with Gasteiger partial charge >= 0.3 is 0 Å². The molecule has 0 bridgehead atoms. The first-order chi connectivity index (χ1) is 13.6. The second kappa shape index (κ2) is 7.98. The minimum Gasteiger partial charge on any atom is -0.507 e. The molecule has 0 unspecified atom stereocenters. The number of nitrogens with zero attached hydrogens (tertiary/aromatic N) is 4. The van der Waals surface area contributed by atoms with Gasteiger partial charge < -0.3 is 14.9 Å². The standard InChI is InChI=1S/C21H22N4O2S/c1-15-13-19(23-21(22-15)17-6-2-3-7-18(17)26)24-8-10-25(11-9-24)20(27)14-16-5-4-12-28-16/h2-7,12-13,26H,8-11,14H2,1H3. The lowest BCUT2D eigenvalue weighted by molar-refractivity contribution is -0.130. The molecule has 28 heavy (non-hydrogen) atoms. The molecule has 0 saturated carbocycles. The average molecular weight is 395 g/mol. The predicted molar refractivity (Wildman–Crippen MR) is 111 cm³/mol. The van der Waals surface area contributed by atoms with Crippen LogP contribution in [0.25, 0.3) is 11.4 Å². The number of aryl methyl sites for hydroxylation is 1. The maximum Gasteiger partial charge on any atom is 0.227 e. The molecule has 0 spiro atoms. The average Bonchev–Trinajstić information content (AvgIpc) is 3.21. The van der Waals surface area contributed by atoms with E-state index >= 15 is 0 Å². The summed E-state index contributed by atoms with van der Waals surface area (Å²) in [7, 11) is 0. The van der Waals surface area contributed by atoms with E-state index in [1.54, 1.807) is 23.5 Å². The Morgan fingerprint density at radius 3 is 2.61 bits per heavy atom. The summed E-state index contributed by atoms with van der Waals surface area (Å²) >= 11 is 1.62. The van der Waals surface area contributed by atoms with Gasteiger partial charge in [-0.1, -0.05) is 18.2 Å². The van der Waals surface area contributed by atoms with Crippen LogP contribution in [0.5, 0.6) is 5.75 Å². The number of para-hydroxylation sites is 1. The number of carbonyl (C=O) groups excluding carboxylic acids is 1. The van der Waals surface area contributed by atoms with Crippen LogP contribution in [-0.4, -0.2) is 52.1 Å². The number of anilines is 1. The lowest BCUT2D eigenvalue weighted by Crippen LogP contribution is -2.49. The molecule has 0 atom stereocenters. The number of benzene rings is 1. The summed E-state index contributed by atoms with van der Waals surface area (Å²) < 4.78 is 0. The quantitative estimate of drug-likeness (QED) is 0.736. The zero-order chi connectivity index (χ0) is 19.5. The van der Waals surface area contributed by atoms with Crippen LogP contribution in [-0.2, 0) is 11.2 Å². The zero-order valence-corrected chi connectivity index (χ0v) is 16.5. The number of aromatic hydroxyl groups is 1. The second-order valence-electron chi connectivity index (χ2n) is 6.83. The molecule has 144 valence electrons. The Hall–Kier alpha value is -2.93. The number of thiophene rings is 1. The molecule has 2 aromatic heterocycles. The fourth-order valence-corrected chi connectivity index (χ4v) is 4.05. The number of aromatic nitrogens is 2. The number of hydrogen-bond acceptors (Lipinski definition) is 6. The van der Waals surface area contributed by atoms with Crippen molar-refractivity contribution in [2.24, 2.45) is 0 Å². The van der Waals surface area contributed by atoms with E-state index in [9.17, 15) is 9.90 Å². The highest BCUT2D eigenvalue weighted by Gasteiger charge is 2.23. The fourth-order valence-electron chi connectivity index (χ4n) is 3.36. The minimum absolute atomic E-state index is 0.169. The minimum atomic E-state index is 0.169. The van der Waals surface area contributed by atoms with Crippen molar-refractivity contribution in [2.75, 3.05) is 31.1 Å². The first-order valence-corrected chi connectivity index (χ1v) is 10.2. The largest absolute Gasteiger partial charge is 0.507 e. The Kier molecular flexibility index (Phi) is 5.25. The van der Waals surface area contributed by atoms with Crippen LogP contribution in [0.1, 0.15) is 10.6 Å². The van der Waals surface area contributed by atoms with Gasteiger partial charge in [0.05, 0.1) is 12.0 Å². The van der Waals surface area contributed by atoms with E-state index in [1.807, 2.05) is 47.5 Å². The van der Waals surface area contributed by atoms with E-state index in [0.717, 1.165) is 29.5 Å². The molecular weight excluding hydrogens is 372 g/mol. The topological polar surface area (TPSA) is 69.6 Å². The molecule has 1 aliphatic rings. The predicted octanol–water partition coefficient (Wildman–Crippen LogP) is 3.11. The van der Waals surface area contributed by atoms with E-state index in [4.69, 9.17) is 0 Å². The van der Waals surface area contributed by atoms with Gasteiger partial charge in [0.2, 0.25) is 5.91 Å². The van der Waals surface area contributed by atoms with Crippen molar-refractivity contribution in [3.8, 4) is 17.1 Å². The summed E-state index contributed by atoms with van der Waals surface area (Å²) in [4.78, 5) is 26.9. The Labute approximate surface area is 168 Å². The number of phenols is 1. The SMILES string of the molecule is Cc1cc(N2CCN(C(=O)Cc3cccs3)CC2)nc(-c2ccccc2O)n1. The van der Waals surface area contributed by atoms with Crippen LogP contribution in [0.3, 0.4) is 0 Å². The Morgan fingerprint density at radius 2 is 1.89 bits per heavy atom. The van der Waals surface area contributed by atoms with E-state index in [1.165, 1.54) is 0 Å². The summed E-state index contributed by atoms with van der Waals surface area (Å²) in [6.45, 7) is 4.74. The van der Waals surface area contributed by atoms with E-state index in [0.29, 0.717) is 30.9 Å². The summed E-state index contributed by atoms with van der Waals surface area (Å²) in [5.74, 6) is 1.69. The van der Waals surface area contributed by atoms with Crippen LogP contribution < -0.4 is 4.90 Å². The molecule has 1 aromatic carbocycles. The van der Waals surface area contributed by atoms with Gasteiger partial charge in [-0.2, -0.15) is 0 Å². The van der Waals surface area contributed by atoms with Gasteiger partial charge in [0, 0.05) is 42.8 Å². The highest BCUT2D eigenvalue weighted by molar-refractivity contribution is 7.10. The summed E-state index contributed by atoms with van der Waals surface area (Å²) in [5.41, 5.74) is 1.47. The molecule has 1 saturated heterocycles. The summed E-state index contributed by atoms with van der Waals surface area (Å²) in [5, 5.41) is 12.1. The number of amides is 1. The van der Waals surface area contributed by atoms with Gasteiger partial charge in [0.25, 0.3) is 0 Å². The summed E-state index contributed by atoms with van der Waals surface area (Å²) in [6, 6.07) is 13.0. The molecule has 1 N–H and O–H groups in total. The molecule has 3 aromatic rings. The van der Waals surface area contributed by atoms with Crippen LogP contribution in [0.4, 0.5) is 5.82 Å². The first kappa shape index (κ1) is 18.4. The normalized spacial score (nSPS) is 14.3. The molecule has 0 aliphatic carbocycles. The maximum atomic E-state index is 12.5. The Bertz CT molecular complexity index is 966. The van der Waals surface area contributed by atoms with Crippen molar-refractivity contribution in [1.29, 1.82) is 0 Å². The molecule has 0 radical (unpaired) electrons. The number of rotatable bonds is 4. The van der Waals surface area contributed by atoms with Crippen molar-refractivity contribution >= 4 is 23.1 Å². The van der Waals surface area contributed by atoms with Gasteiger partial charge in [-0.3, -0.25) is 4.79 Å². The van der Waals surface area contributed by atoms with Gasteiger partial charge in [0.15, 0.2) is 5.82 Å². The first-order valence-electron chi connectivity index (χ1n) is 9.29. The highest BCUT2D eigenvalue weighted by Crippen LogP contribution is 2.28. The molecule has 1 amide bonds. The van der Waals surface area contributed by atoms with Crippen LogP contribution in [0.15, 0.2) is 47.8 Å². The van der Waals surface area contributed by atoms with Gasteiger partial charge in [-0.15, -0.1) is 11.3 Å². The molecule has 1 fully saturated rings. The molecule has 4 rings (SSSR count). The number of carbonyl (C=O) groups is 1.